The number of carbonyl (C=O) groups excluding carboxylic acids is 1. The molecule has 132 valence electrons. The maximum atomic E-state index is 12.7. The Morgan fingerprint density at radius 2 is 1.96 bits per heavy atom. The summed E-state index contributed by atoms with van der Waals surface area (Å²) in [5.41, 5.74) is 1.20. The molecule has 2 aliphatic heterocycles. The molecule has 0 unspecified atom stereocenters. The fourth-order valence-corrected chi connectivity index (χ4v) is 3.92. The van der Waals surface area contributed by atoms with Gasteiger partial charge in [0.2, 0.25) is 5.91 Å². The van der Waals surface area contributed by atoms with Gasteiger partial charge in [-0.2, -0.15) is 0 Å². The highest BCUT2D eigenvalue weighted by atomic mass is 16.5. The van der Waals surface area contributed by atoms with Gasteiger partial charge in [0.05, 0.1) is 13.2 Å². The monoisotopic (exact) mass is 330 g/mol. The van der Waals surface area contributed by atoms with E-state index in [-0.39, 0.29) is 6.04 Å². The molecule has 0 spiro atoms. The number of amides is 1. The molecule has 0 bridgehead atoms. The number of piperidine rings is 1. The van der Waals surface area contributed by atoms with Crippen molar-refractivity contribution in [1.82, 2.24) is 9.80 Å². The van der Waals surface area contributed by atoms with Crippen molar-refractivity contribution in [2.75, 3.05) is 26.7 Å². The Morgan fingerprint density at radius 1 is 1.21 bits per heavy atom. The van der Waals surface area contributed by atoms with E-state index in [2.05, 4.69) is 35.8 Å². The summed E-state index contributed by atoms with van der Waals surface area (Å²) in [4.78, 5) is 17.3. The lowest BCUT2D eigenvalue weighted by molar-refractivity contribution is -0.140. The van der Waals surface area contributed by atoms with Gasteiger partial charge in [0, 0.05) is 19.0 Å². The molecule has 3 rings (SSSR count). The van der Waals surface area contributed by atoms with Gasteiger partial charge in [0.15, 0.2) is 0 Å². The summed E-state index contributed by atoms with van der Waals surface area (Å²) in [7, 11) is 1.69. The summed E-state index contributed by atoms with van der Waals surface area (Å²) >= 11 is 0. The molecule has 4 nitrogen and oxygen atoms in total. The molecule has 2 fully saturated rings. The third-order valence-corrected chi connectivity index (χ3v) is 5.66. The maximum absolute atomic E-state index is 12.7. The normalized spacial score (nSPS) is 22.5. The Labute approximate surface area is 145 Å². The fourth-order valence-electron chi connectivity index (χ4n) is 3.92. The highest BCUT2D eigenvalue weighted by Gasteiger charge is 2.34. The number of hydrogen-bond donors (Lipinski definition) is 0. The van der Waals surface area contributed by atoms with Crippen molar-refractivity contribution in [3.05, 3.63) is 29.8 Å². The van der Waals surface area contributed by atoms with Crippen LogP contribution in [0, 0.1) is 5.92 Å². The van der Waals surface area contributed by atoms with Crippen molar-refractivity contribution in [2.24, 2.45) is 5.92 Å². The molecule has 2 heterocycles. The third kappa shape index (κ3) is 3.75. The van der Waals surface area contributed by atoms with Crippen molar-refractivity contribution in [2.45, 2.75) is 51.6 Å². The molecule has 0 aromatic heterocycles. The number of hydrogen-bond acceptors (Lipinski definition) is 3. The zero-order valence-corrected chi connectivity index (χ0v) is 15.2. The van der Waals surface area contributed by atoms with E-state index in [0.29, 0.717) is 24.3 Å². The summed E-state index contributed by atoms with van der Waals surface area (Å²) in [5.74, 6) is 1.75. The first-order chi connectivity index (χ1) is 11.6. The number of ether oxygens (including phenoxy) is 1. The summed E-state index contributed by atoms with van der Waals surface area (Å²) in [5, 5.41) is 0. The SMILES string of the molecule is COc1cccc([C@H]2CCN2C(=O)CC2CCN(C(C)C)CC2)c1. The second-order valence-corrected chi connectivity index (χ2v) is 7.45. The van der Waals surface area contributed by atoms with Crippen LogP contribution < -0.4 is 4.74 Å². The summed E-state index contributed by atoms with van der Waals surface area (Å²) in [6, 6.07) is 8.99. The van der Waals surface area contributed by atoms with Crippen LogP contribution in [0.1, 0.15) is 51.1 Å². The van der Waals surface area contributed by atoms with Crippen molar-refractivity contribution in [1.29, 1.82) is 0 Å². The molecule has 2 aliphatic rings. The second-order valence-electron chi connectivity index (χ2n) is 7.45. The lowest BCUT2D eigenvalue weighted by Crippen LogP contribution is -2.46. The molecule has 2 saturated heterocycles. The first-order valence-corrected chi connectivity index (χ1v) is 9.26. The lowest BCUT2D eigenvalue weighted by atomic mass is 9.89. The predicted molar refractivity (Wildman–Crippen MR) is 96.1 cm³/mol. The number of nitrogens with zero attached hydrogens (tertiary/aromatic N) is 2. The highest BCUT2D eigenvalue weighted by Crippen LogP contribution is 2.36. The van der Waals surface area contributed by atoms with Crippen LogP contribution in [0.15, 0.2) is 24.3 Å². The van der Waals surface area contributed by atoms with Crippen LogP contribution in [0.5, 0.6) is 5.75 Å². The molecule has 1 aromatic carbocycles. The molecule has 24 heavy (non-hydrogen) atoms. The minimum absolute atomic E-state index is 0.239. The van der Waals surface area contributed by atoms with Gasteiger partial charge < -0.3 is 14.5 Å². The van der Waals surface area contributed by atoms with E-state index in [1.54, 1.807) is 7.11 Å². The quantitative estimate of drug-likeness (QED) is 0.828. The van der Waals surface area contributed by atoms with Crippen LogP contribution in [0.4, 0.5) is 0 Å². The molecule has 1 aromatic rings. The second kappa shape index (κ2) is 7.56. The van der Waals surface area contributed by atoms with Crippen LogP contribution in [-0.2, 0) is 4.79 Å². The number of likely N-dealkylation sites (tertiary alicyclic amines) is 2. The van der Waals surface area contributed by atoms with Crippen LogP contribution in [0.2, 0.25) is 0 Å². The minimum atomic E-state index is 0.239. The predicted octanol–water partition coefficient (Wildman–Crippen LogP) is 3.48. The number of benzene rings is 1. The van der Waals surface area contributed by atoms with Crippen molar-refractivity contribution >= 4 is 5.91 Å². The van der Waals surface area contributed by atoms with Crippen molar-refractivity contribution in [3.63, 3.8) is 0 Å². The van der Waals surface area contributed by atoms with Crippen LogP contribution >= 0.6 is 0 Å². The summed E-state index contributed by atoms with van der Waals surface area (Å²) < 4.78 is 5.31. The Morgan fingerprint density at radius 3 is 2.54 bits per heavy atom. The molecule has 0 aliphatic carbocycles. The fraction of sp³-hybridized carbons (Fsp3) is 0.650. The number of rotatable bonds is 5. The Bertz CT molecular complexity index is 565. The van der Waals surface area contributed by atoms with Crippen molar-refractivity contribution < 1.29 is 9.53 Å². The van der Waals surface area contributed by atoms with Crippen LogP contribution in [0.25, 0.3) is 0 Å². The Hall–Kier alpha value is -1.55. The van der Waals surface area contributed by atoms with E-state index >= 15 is 0 Å². The first-order valence-electron chi connectivity index (χ1n) is 9.26. The summed E-state index contributed by atoms with van der Waals surface area (Å²) in [6.45, 7) is 7.67. The van der Waals surface area contributed by atoms with Gasteiger partial charge in [-0.1, -0.05) is 12.1 Å². The average Bonchev–Trinajstić information content (AvgIpc) is 2.54. The van der Waals surface area contributed by atoms with Crippen molar-refractivity contribution in [3.8, 4) is 5.75 Å². The van der Waals surface area contributed by atoms with Gasteiger partial charge in [0.1, 0.15) is 5.75 Å². The van der Waals surface area contributed by atoms with E-state index in [1.165, 1.54) is 5.56 Å². The zero-order valence-electron chi connectivity index (χ0n) is 15.2. The maximum Gasteiger partial charge on any atom is 0.223 e. The summed E-state index contributed by atoms with van der Waals surface area (Å²) in [6.07, 6.45) is 4.08. The first kappa shape index (κ1) is 17.3. The standard InChI is InChI=1S/C20H30N2O2/c1-15(2)21-10-7-16(8-11-21)13-20(23)22-12-9-19(22)17-5-4-6-18(14-17)24-3/h4-6,14-16,19H,7-13H2,1-3H3/t19-/m1/s1. The third-order valence-electron chi connectivity index (χ3n) is 5.66. The van der Waals surface area contributed by atoms with E-state index in [9.17, 15) is 4.79 Å². The molecular weight excluding hydrogens is 300 g/mol. The van der Waals surface area contributed by atoms with E-state index in [4.69, 9.17) is 4.74 Å². The molecule has 4 heteroatoms. The molecular formula is C20H30N2O2. The average molecular weight is 330 g/mol. The minimum Gasteiger partial charge on any atom is -0.497 e. The van der Waals surface area contributed by atoms with Gasteiger partial charge in [-0.25, -0.2) is 0 Å². The Kier molecular flexibility index (Phi) is 5.44. The van der Waals surface area contributed by atoms with E-state index in [1.807, 2.05) is 12.1 Å². The van der Waals surface area contributed by atoms with Gasteiger partial charge >= 0.3 is 0 Å². The molecule has 0 N–H and O–H groups in total. The topological polar surface area (TPSA) is 32.8 Å². The molecule has 0 radical (unpaired) electrons. The molecule has 1 atom stereocenters. The number of carbonyl (C=O) groups is 1. The van der Waals surface area contributed by atoms with E-state index in [0.717, 1.165) is 44.6 Å². The molecule has 0 saturated carbocycles. The van der Waals surface area contributed by atoms with Gasteiger partial charge in [-0.3, -0.25) is 4.79 Å². The highest BCUT2D eigenvalue weighted by molar-refractivity contribution is 5.78. The van der Waals surface area contributed by atoms with E-state index < -0.39 is 0 Å². The van der Waals surface area contributed by atoms with Gasteiger partial charge in [-0.15, -0.1) is 0 Å². The van der Waals surface area contributed by atoms with Crippen LogP contribution in [-0.4, -0.2) is 48.5 Å². The zero-order chi connectivity index (χ0) is 17.1. The largest absolute Gasteiger partial charge is 0.497 e. The number of methoxy groups -OCH3 is 1. The van der Waals surface area contributed by atoms with Gasteiger partial charge in [0.25, 0.3) is 0 Å². The van der Waals surface area contributed by atoms with Gasteiger partial charge in [-0.05, 0) is 69.8 Å². The lowest BCUT2D eigenvalue weighted by Gasteiger charge is -2.43. The van der Waals surface area contributed by atoms with Crippen LogP contribution in [0.3, 0.4) is 0 Å². The Balaban J connectivity index is 1.54. The smallest absolute Gasteiger partial charge is 0.223 e. The molecule has 1 amide bonds.